The highest BCUT2D eigenvalue weighted by Crippen LogP contribution is 2.34. The summed E-state index contributed by atoms with van der Waals surface area (Å²) in [5, 5.41) is 5.06. The molecule has 5 heteroatoms. The van der Waals surface area contributed by atoms with Gasteiger partial charge in [-0.05, 0) is 20.9 Å². The van der Waals surface area contributed by atoms with E-state index in [1.165, 1.54) is 10.4 Å². The lowest BCUT2D eigenvalue weighted by Gasteiger charge is -2.22. The predicted octanol–water partition coefficient (Wildman–Crippen LogP) is 4.30. The van der Waals surface area contributed by atoms with Crippen molar-refractivity contribution in [3.05, 3.63) is 58.9 Å². The second kappa shape index (κ2) is 6.42. The molecule has 0 saturated heterocycles. The summed E-state index contributed by atoms with van der Waals surface area (Å²) >= 11 is 1.77. The molecule has 22 heavy (non-hydrogen) atoms. The summed E-state index contributed by atoms with van der Waals surface area (Å²) in [5.74, 6) is 0. The summed E-state index contributed by atoms with van der Waals surface area (Å²) in [4.78, 5) is 8.29. The first-order chi connectivity index (χ1) is 10.6. The quantitative estimate of drug-likeness (QED) is 0.704. The molecular weight excluding hydrogens is 294 g/mol. The van der Waals surface area contributed by atoms with Crippen molar-refractivity contribution in [2.75, 3.05) is 7.05 Å². The molecule has 0 radical (unpaired) electrons. The molecule has 114 valence electrons. The highest BCUT2D eigenvalue weighted by atomic mass is 32.1. The number of rotatable bonds is 5. The van der Waals surface area contributed by atoms with Gasteiger partial charge in [0.2, 0.25) is 0 Å². The molecule has 1 atom stereocenters. The highest BCUT2D eigenvalue weighted by molar-refractivity contribution is 7.15. The van der Waals surface area contributed by atoms with Crippen LogP contribution in [0.2, 0.25) is 0 Å². The Bertz CT molecular complexity index is 722. The normalized spacial score (nSPS) is 12.7. The maximum Gasteiger partial charge on any atom is 0.124 e. The van der Waals surface area contributed by atoms with E-state index in [4.69, 9.17) is 9.51 Å². The molecule has 0 aliphatic carbocycles. The van der Waals surface area contributed by atoms with Crippen molar-refractivity contribution in [1.82, 2.24) is 15.0 Å². The third kappa shape index (κ3) is 3.10. The van der Waals surface area contributed by atoms with E-state index in [0.717, 1.165) is 22.9 Å². The number of benzene rings is 1. The Hall–Kier alpha value is -1.98. The van der Waals surface area contributed by atoms with Gasteiger partial charge in [0.15, 0.2) is 0 Å². The average Bonchev–Trinajstić information content (AvgIpc) is 3.17. The number of hydrogen-bond donors (Lipinski definition) is 0. The molecule has 0 bridgehead atoms. The fourth-order valence-electron chi connectivity index (χ4n) is 2.41. The molecule has 2 heterocycles. The number of nitrogens with zero attached hydrogens (tertiary/aromatic N) is 3. The van der Waals surface area contributed by atoms with Gasteiger partial charge in [-0.15, -0.1) is 11.3 Å². The smallest absolute Gasteiger partial charge is 0.124 e. The standard InChI is InChI=1S/C17H19N3OS/c1-12-16(13(2)20(3)11-15-9-10-21-19-15)22-17(18-12)14-7-5-4-6-8-14/h4-10,13H,11H2,1-3H3/t13-/m0/s1. The minimum absolute atomic E-state index is 0.284. The van der Waals surface area contributed by atoms with Gasteiger partial charge in [0, 0.05) is 29.1 Å². The second-order valence-electron chi connectivity index (χ2n) is 5.42. The topological polar surface area (TPSA) is 42.2 Å². The maximum absolute atomic E-state index is 4.90. The lowest BCUT2D eigenvalue weighted by atomic mass is 10.2. The number of aromatic nitrogens is 2. The van der Waals surface area contributed by atoms with Crippen molar-refractivity contribution in [1.29, 1.82) is 0 Å². The Labute approximate surface area is 134 Å². The first kappa shape index (κ1) is 14.9. The molecule has 0 N–H and O–H groups in total. The monoisotopic (exact) mass is 313 g/mol. The van der Waals surface area contributed by atoms with E-state index in [9.17, 15) is 0 Å². The lowest BCUT2D eigenvalue weighted by Crippen LogP contribution is -2.21. The number of thiazole rings is 1. The Balaban J connectivity index is 1.80. The molecule has 0 amide bonds. The molecule has 4 nitrogen and oxygen atoms in total. The Morgan fingerprint density at radius 2 is 2.00 bits per heavy atom. The minimum atomic E-state index is 0.284. The largest absolute Gasteiger partial charge is 0.364 e. The van der Waals surface area contributed by atoms with Crippen molar-refractivity contribution in [3.8, 4) is 10.6 Å². The van der Waals surface area contributed by atoms with Gasteiger partial charge < -0.3 is 4.52 Å². The van der Waals surface area contributed by atoms with E-state index >= 15 is 0 Å². The van der Waals surface area contributed by atoms with Crippen LogP contribution in [0.25, 0.3) is 10.6 Å². The summed E-state index contributed by atoms with van der Waals surface area (Å²) in [7, 11) is 2.10. The van der Waals surface area contributed by atoms with Crippen LogP contribution >= 0.6 is 11.3 Å². The van der Waals surface area contributed by atoms with Gasteiger partial charge in [-0.1, -0.05) is 35.5 Å². The summed E-state index contributed by atoms with van der Waals surface area (Å²) in [6.45, 7) is 5.05. The van der Waals surface area contributed by atoms with Crippen LogP contribution < -0.4 is 0 Å². The molecule has 0 aliphatic heterocycles. The summed E-state index contributed by atoms with van der Waals surface area (Å²) < 4.78 is 4.90. The third-order valence-corrected chi connectivity index (χ3v) is 5.17. The Morgan fingerprint density at radius 1 is 1.23 bits per heavy atom. The zero-order valence-electron chi connectivity index (χ0n) is 13.0. The summed E-state index contributed by atoms with van der Waals surface area (Å²) in [6, 6.07) is 12.5. The molecular formula is C17H19N3OS. The van der Waals surface area contributed by atoms with Gasteiger partial charge in [-0.2, -0.15) is 0 Å². The zero-order valence-corrected chi connectivity index (χ0v) is 13.8. The van der Waals surface area contributed by atoms with Crippen LogP contribution in [0.4, 0.5) is 0 Å². The van der Waals surface area contributed by atoms with Crippen LogP contribution in [0, 0.1) is 6.92 Å². The average molecular weight is 313 g/mol. The Morgan fingerprint density at radius 3 is 2.68 bits per heavy atom. The third-order valence-electron chi connectivity index (χ3n) is 3.80. The fraction of sp³-hybridized carbons (Fsp3) is 0.294. The maximum atomic E-state index is 4.90. The highest BCUT2D eigenvalue weighted by Gasteiger charge is 2.19. The molecule has 0 spiro atoms. The molecule has 0 aliphatic rings. The summed E-state index contributed by atoms with van der Waals surface area (Å²) in [6.07, 6.45) is 1.61. The van der Waals surface area contributed by atoms with Crippen LogP contribution in [0.3, 0.4) is 0 Å². The molecule has 2 aromatic heterocycles. The van der Waals surface area contributed by atoms with Gasteiger partial charge in [0.05, 0.1) is 11.4 Å². The van der Waals surface area contributed by atoms with Gasteiger partial charge >= 0.3 is 0 Å². The number of hydrogen-bond acceptors (Lipinski definition) is 5. The second-order valence-corrected chi connectivity index (χ2v) is 6.45. The van der Waals surface area contributed by atoms with Gasteiger partial charge in [0.25, 0.3) is 0 Å². The molecule has 3 aromatic rings. The Kier molecular flexibility index (Phi) is 4.36. The first-order valence-corrected chi connectivity index (χ1v) is 8.09. The predicted molar refractivity (Wildman–Crippen MR) is 88.7 cm³/mol. The van der Waals surface area contributed by atoms with E-state index < -0.39 is 0 Å². The molecule has 0 saturated carbocycles. The van der Waals surface area contributed by atoms with Crippen molar-refractivity contribution in [2.45, 2.75) is 26.4 Å². The molecule has 3 rings (SSSR count). The molecule has 0 fully saturated rings. The minimum Gasteiger partial charge on any atom is -0.364 e. The van der Waals surface area contributed by atoms with Gasteiger partial charge in [-0.3, -0.25) is 4.90 Å². The van der Waals surface area contributed by atoms with E-state index in [2.05, 4.69) is 43.1 Å². The van der Waals surface area contributed by atoms with Crippen molar-refractivity contribution >= 4 is 11.3 Å². The lowest BCUT2D eigenvalue weighted by molar-refractivity contribution is 0.247. The fourth-order valence-corrected chi connectivity index (χ4v) is 3.60. The van der Waals surface area contributed by atoms with Crippen LogP contribution in [0.5, 0.6) is 0 Å². The first-order valence-electron chi connectivity index (χ1n) is 7.27. The van der Waals surface area contributed by atoms with Crippen molar-refractivity contribution in [2.24, 2.45) is 0 Å². The van der Waals surface area contributed by atoms with E-state index in [1.807, 2.05) is 24.3 Å². The molecule has 0 unspecified atom stereocenters. The van der Waals surface area contributed by atoms with Crippen LogP contribution in [0.15, 0.2) is 47.2 Å². The van der Waals surface area contributed by atoms with E-state index in [0.29, 0.717) is 0 Å². The van der Waals surface area contributed by atoms with Gasteiger partial charge in [0.1, 0.15) is 11.3 Å². The van der Waals surface area contributed by atoms with E-state index in [1.54, 1.807) is 17.6 Å². The van der Waals surface area contributed by atoms with Crippen molar-refractivity contribution < 1.29 is 4.52 Å². The van der Waals surface area contributed by atoms with E-state index in [-0.39, 0.29) is 6.04 Å². The summed E-state index contributed by atoms with van der Waals surface area (Å²) in [5.41, 5.74) is 3.22. The van der Waals surface area contributed by atoms with Crippen LogP contribution in [-0.2, 0) is 6.54 Å². The zero-order chi connectivity index (χ0) is 15.5. The van der Waals surface area contributed by atoms with Gasteiger partial charge in [-0.25, -0.2) is 4.98 Å². The van der Waals surface area contributed by atoms with Crippen LogP contribution in [-0.4, -0.2) is 22.1 Å². The number of aryl methyl sites for hydroxylation is 1. The SMILES string of the molecule is Cc1nc(-c2ccccc2)sc1[C@H](C)N(C)Cc1ccon1. The molecule has 1 aromatic carbocycles. The van der Waals surface area contributed by atoms with Crippen LogP contribution in [0.1, 0.15) is 29.2 Å². The van der Waals surface area contributed by atoms with Crippen molar-refractivity contribution in [3.63, 3.8) is 0 Å².